The van der Waals surface area contributed by atoms with Gasteiger partial charge in [-0.05, 0) is 25.5 Å². The number of carboxylic acid groups (broad SMARTS) is 1. The average molecular weight is 319 g/mol. The van der Waals surface area contributed by atoms with Crippen LogP contribution in [0.2, 0.25) is 0 Å². The minimum Gasteiger partial charge on any atom is -0.480 e. The smallest absolute Gasteiger partial charge is 0.320 e. The number of carbonyl (C=O) groups excluding carboxylic acids is 2. The van der Waals surface area contributed by atoms with Gasteiger partial charge in [0.15, 0.2) is 0 Å². The second-order valence-electron chi connectivity index (χ2n) is 5.56. The first kappa shape index (κ1) is 17.0. The molecule has 7 heteroatoms. The SMILES string of the molecule is CCCC(NC(C)C(=O)N1CC(=O)Nc2ccccc21)C(=O)O. The Bertz CT molecular complexity index is 617. The maximum atomic E-state index is 12.7. The van der Waals surface area contributed by atoms with Crippen LogP contribution in [0, 0.1) is 0 Å². The maximum absolute atomic E-state index is 12.7. The summed E-state index contributed by atoms with van der Waals surface area (Å²) in [7, 11) is 0. The Labute approximate surface area is 134 Å². The molecular formula is C16H21N3O4. The Balaban J connectivity index is 2.16. The first-order valence-electron chi connectivity index (χ1n) is 7.63. The van der Waals surface area contributed by atoms with Gasteiger partial charge in [0.1, 0.15) is 12.6 Å². The molecule has 0 aromatic heterocycles. The van der Waals surface area contributed by atoms with E-state index in [0.717, 1.165) is 0 Å². The quantitative estimate of drug-likeness (QED) is 0.732. The maximum Gasteiger partial charge on any atom is 0.320 e. The Morgan fingerprint density at radius 1 is 1.39 bits per heavy atom. The molecular weight excluding hydrogens is 298 g/mol. The van der Waals surface area contributed by atoms with Crippen molar-refractivity contribution in [3.8, 4) is 0 Å². The largest absolute Gasteiger partial charge is 0.480 e. The van der Waals surface area contributed by atoms with Crippen molar-refractivity contribution in [2.45, 2.75) is 38.8 Å². The van der Waals surface area contributed by atoms with E-state index >= 15 is 0 Å². The summed E-state index contributed by atoms with van der Waals surface area (Å²) >= 11 is 0. The number of hydrogen-bond acceptors (Lipinski definition) is 4. The van der Waals surface area contributed by atoms with E-state index in [1.165, 1.54) is 4.90 Å². The zero-order valence-corrected chi connectivity index (χ0v) is 13.2. The van der Waals surface area contributed by atoms with E-state index in [1.54, 1.807) is 31.2 Å². The zero-order valence-electron chi connectivity index (χ0n) is 13.2. The number of para-hydroxylation sites is 2. The number of nitrogens with one attached hydrogen (secondary N) is 2. The first-order valence-corrected chi connectivity index (χ1v) is 7.63. The highest BCUT2D eigenvalue weighted by atomic mass is 16.4. The molecule has 1 heterocycles. The summed E-state index contributed by atoms with van der Waals surface area (Å²) in [4.78, 5) is 37.0. The normalized spacial score (nSPS) is 16.3. The molecule has 0 aliphatic carbocycles. The summed E-state index contributed by atoms with van der Waals surface area (Å²) in [5, 5.41) is 14.7. The van der Waals surface area contributed by atoms with Crippen molar-refractivity contribution >= 4 is 29.2 Å². The molecule has 7 nitrogen and oxygen atoms in total. The summed E-state index contributed by atoms with van der Waals surface area (Å²) in [5.41, 5.74) is 1.20. The number of rotatable bonds is 6. The van der Waals surface area contributed by atoms with Gasteiger partial charge in [0.05, 0.1) is 17.4 Å². The van der Waals surface area contributed by atoms with Crippen molar-refractivity contribution in [2.24, 2.45) is 0 Å². The van der Waals surface area contributed by atoms with Crippen LogP contribution in [0.5, 0.6) is 0 Å². The van der Waals surface area contributed by atoms with E-state index in [9.17, 15) is 19.5 Å². The van der Waals surface area contributed by atoms with Crippen molar-refractivity contribution in [2.75, 3.05) is 16.8 Å². The van der Waals surface area contributed by atoms with Crippen LogP contribution in [0.4, 0.5) is 11.4 Å². The third-order valence-corrected chi connectivity index (χ3v) is 3.73. The Morgan fingerprint density at radius 2 is 2.09 bits per heavy atom. The number of anilines is 2. The molecule has 0 saturated heterocycles. The van der Waals surface area contributed by atoms with Gasteiger partial charge < -0.3 is 10.4 Å². The number of nitrogens with zero attached hydrogens (tertiary/aromatic N) is 1. The summed E-state index contributed by atoms with van der Waals surface area (Å²) in [6.45, 7) is 3.42. The van der Waals surface area contributed by atoms with Crippen LogP contribution in [0.1, 0.15) is 26.7 Å². The van der Waals surface area contributed by atoms with Crippen molar-refractivity contribution in [1.29, 1.82) is 0 Å². The molecule has 23 heavy (non-hydrogen) atoms. The number of hydrogen-bond donors (Lipinski definition) is 3. The lowest BCUT2D eigenvalue weighted by molar-refractivity contribution is -0.140. The highest BCUT2D eigenvalue weighted by Crippen LogP contribution is 2.29. The Kier molecular flexibility index (Phi) is 5.33. The number of carboxylic acids is 1. The molecule has 2 rings (SSSR count). The molecule has 2 atom stereocenters. The highest BCUT2D eigenvalue weighted by molar-refractivity contribution is 6.11. The van der Waals surface area contributed by atoms with E-state index < -0.39 is 18.1 Å². The fourth-order valence-electron chi connectivity index (χ4n) is 2.60. The van der Waals surface area contributed by atoms with Crippen molar-refractivity contribution in [3.05, 3.63) is 24.3 Å². The molecule has 1 aromatic carbocycles. The second-order valence-corrected chi connectivity index (χ2v) is 5.56. The van der Waals surface area contributed by atoms with Gasteiger partial charge in [-0.25, -0.2) is 0 Å². The molecule has 124 valence electrons. The molecule has 0 radical (unpaired) electrons. The van der Waals surface area contributed by atoms with E-state index in [0.29, 0.717) is 24.2 Å². The van der Waals surface area contributed by atoms with Gasteiger partial charge in [-0.1, -0.05) is 25.5 Å². The number of benzene rings is 1. The predicted octanol–water partition coefficient (Wildman–Crippen LogP) is 1.20. The molecule has 1 aliphatic heterocycles. The molecule has 2 amide bonds. The highest BCUT2D eigenvalue weighted by Gasteiger charge is 2.31. The molecule has 0 bridgehead atoms. The van der Waals surface area contributed by atoms with Crippen molar-refractivity contribution in [3.63, 3.8) is 0 Å². The monoisotopic (exact) mass is 319 g/mol. The van der Waals surface area contributed by atoms with Crippen molar-refractivity contribution in [1.82, 2.24) is 5.32 Å². The first-order chi connectivity index (χ1) is 10.9. The standard InChI is InChI=1S/C16H21N3O4/c1-3-6-12(16(22)23)17-10(2)15(21)19-9-14(20)18-11-7-4-5-8-13(11)19/h4-5,7-8,10,12,17H,3,6,9H2,1-2H3,(H,18,20)(H,22,23). The van der Waals surface area contributed by atoms with Crippen LogP contribution in [0.15, 0.2) is 24.3 Å². The molecule has 2 unspecified atom stereocenters. The summed E-state index contributed by atoms with van der Waals surface area (Å²) < 4.78 is 0. The number of amides is 2. The van der Waals surface area contributed by atoms with Crippen LogP contribution >= 0.6 is 0 Å². The number of aliphatic carboxylic acids is 1. The van der Waals surface area contributed by atoms with Crippen molar-refractivity contribution < 1.29 is 19.5 Å². The van der Waals surface area contributed by atoms with E-state index in [1.807, 2.05) is 6.92 Å². The second kappa shape index (κ2) is 7.23. The van der Waals surface area contributed by atoms with Gasteiger partial charge in [-0.15, -0.1) is 0 Å². The lowest BCUT2D eigenvalue weighted by Crippen LogP contribution is -2.53. The molecule has 0 saturated carbocycles. The van der Waals surface area contributed by atoms with E-state index in [4.69, 9.17) is 0 Å². The summed E-state index contributed by atoms with van der Waals surface area (Å²) in [6.07, 6.45) is 1.13. The van der Waals surface area contributed by atoms with E-state index in [-0.39, 0.29) is 18.4 Å². The van der Waals surface area contributed by atoms with Gasteiger partial charge in [0.2, 0.25) is 11.8 Å². The van der Waals surface area contributed by atoms with Gasteiger partial charge >= 0.3 is 5.97 Å². The average Bonchev–Trinajstić information content (AvgIpc) is 2.52. The predicted molar refractivity (Wildman–Crippen MR) is 86.4 cm³/mol. The Hall–Kier alpha value is -2.41. The fraction of sp³-hybridized carbons (Fsp3) is 0.438. The third-order valence-electron chi connectivity index (χ3n) is 3.73. The van der Waals surface area contributed by atoms with Gasteiger partial charge in [-0.3, -0.25) is 24.6 Å². The topological polar surface area (TPSA) is 98.7 Å². The van der Waals surface area contributed by atoms with Gasteiger partial charge in [0.25, 0.3) is 0 Å². The fourth-order valence-corrected chi connectivity index (χ4v) is 2.60. The third kappa shape index (κ3) is 3.87. The molecule has 3 N–H and O–H groups in total. The molecule has 0 spiro atoms. The zero-order chi connectivity index (χ0) is 17.0. The molecule has 1 aliphatic rings. The van der Waals surface area contributed by atoms with Crippen LogP contribution in [0.25, 0.3) is 0 Å². The minimum absolute atomic E-state index is 0.0760. The van der Waals surface area contributed by atoms with Gasteiger partial charge in [0, 0.05) is 0 Å². The molecule has 1 aromatic rings. The van der Waals surface area contributed by atoms with Crippen LogP contribution in [-0.4, -0.2) is 41.5 Å². The van der Waals surface area contributed by atoms with Crippen LogP contribution in [0.3, 0.4) is 0 Å². The summed E-state index contributed by atoms with van der Waals surface area (Å²) in [5.74, 6) is -1.58. The lowest BCUT2D eigenvalue weighted by Gasteiger charge is -2.32. The number of carbonyl (C=O) groups is 3. The number of fused-ring (bicyclic) bond motifs is 1. The van der Waals surface area contributed by atoms with Gasteiger partial charge in [-0.2, -0.15) is 0 Å². The lowest BCUT2D eigenvalue weighted by atomic mass is 10.1. The minimum atomic E-state index is -0.983. The summed E-state index contributed by atoms with van der Waals surface area (Å²) in [6, 6.07) is 5.54. The van der Waals surface area contributed by atoms with Crippen LogP contribution in [-0.2, 0) is 14.4 Å². The van der Waals surface area contributed by atoms with E-state index in [2.05, 4.69) is 10.6 Å². The molecule has 0 fully saturated rings. The Morgan fingerprint density at radius 3 is 2.74 bits per heavy atom. The van der Waals surface area contributed by atoms with Crippen LogP contribution < -0.4 is 15.5 Å².